The minimum absolute atomic E-state index is 0.0948. The summed E-state index contributed by atoms with van der Waals surface area (Å²) < 4.78 is 21.0. The third-order valence-corrected chi connectivity index (χ3v) is 10.4. The molecule has 0 bridgehead atoms. The lowest BCUT2D eigenvalue weighted by Gasteiger charge is -2.61. The van der Waals surface area contributed by atoms with E-state index in [1.54, 1.807) is 0 Å². The molecule has 1 aromatic rings. The molecule has 3 aliphatic rings. The largest absolute Gasteiger partial charge is 0.470 e. The number of rotatable bonds is 5. The van der Waals surface area contributed by atoms with Crippen LogP contribution in [0.4, 0.5) is 0 Å². The Labute approximate surface area is 209 Å². The van der Waals surface area contributed by atoms with E-state index in [1.165, 1.54) is 48.8 Å². The number of ether oxygens (including phenoxy) is 1. The summed E-state index contributed by atoms with van der Waals surface area (Å²) in [6.07, 6.45) is 7.23. The molecule has 3 aliphatic carbocycles. The van der Waals surface area contributed by atoms with E-state index in [-0.39, 0.29) is 10.8 Å². The van der Waals surface area contributed by atoms with Crippen molar-refractivity contribution in [1.29, 1.82) is 0 Å². The molecule has 0 aromatic heterocycles. The summed E-state index contributed by atoms with van der Waals surface area (Å²) in [4.78, 5) is 30.4. The van der Waals surface area contributed by atoms with E-state index in [0.717, 1.165) is 17.5 Å². The molecule has 5 atom stereocenters. The second-order valence-electron chi connectivity index (χ2n) is 12.4. The zero-order valence-electron chi connectivity index (χ0n) is 22.1. The average Bonchev–Trinajstić information content (AvgIpc) is 3.07. The molecule has 1 aromatic carbocycles. The minimum Gasteiger partial charge on any atom is -0.425 e. The van der Waals surface area contributed by atoms with E-state index in [4.69, 9.17) is 20.3 Å². The Kier molecular flexibility index (Phi) is 6.64. The molecule has 2 fully saturated rings. The van der Waals surface area contributed by atoms with Gasteiger partial charge >= 0.3 is 13.8 Å². The van der Waals surface area contributed by atoms with Crippen molar-refractivity contribution in [3.05, 3.63) is 34.4 Å². The fourth-order valence-corrected chi connectivity index (χ4v) is 8.64. The number of phosphoric ester groups is 1. The van der Waals surface area contributed by atoms with Crippen LogP contribution in [-0.4, -0.2) is 21.8 Å². The number of hydrogen-bond acceptors (Lipinski definition) is 5. The topological polar surface area (TPSA) is 119 Å². The molecule has 0 heterocycles. The first-order valence-electron chi connectivity index (χ1n) is 12.7. The second kappa shape index (κ2) is 8.66. The summed E-state index contributed by atoms with van der Waals surface area (Å²) in [5.41, 5.74) is 12.2. The van der Waals surface area contributed by atoms with Crippen molar-refractivity contribution in [2.24, 2.45) is 28.4 Å². The van der Waals surface area contributed by atoms with Gasteiger partial charge in [0.15, 0.2) is 0 Å². The molecule has 4 N–H and O–H groups in total. The van der Waals surface area contributed by atoms with Gasteiger partial charge in [0.05, 0.1) is 0 Å². The van der Waals surface area contributed by atoms with Gasteiger partial charge in [-0.25, -0.2) is 9.36 Å². The molecule has 2 saturated carbocycles. The maximum absolute atomic E-state index is 12.7. The van der Waals surface area contributed by atoms with E-state index >= 15 is 0 Å². The molecule has 195 valence electrons. The summed E-state index contributed by atoms with van der Waals surface area (Å²) in [6.45, 7) is 16.6. The van der Waals surface area contributed by atoms with Crippen LogP contribution in [0.25, 0.3) is 0 Å². The van der Waals surface area contributed by atoms with Crippen molar-refractivity contribution in [3.8, 4) is 5.75 Å². The Balaban J connectivity index is 1.69. The lowest BCUT2D eigenvalue weighted by atomic mass is 9.43. The van der Waals surface area contributed by atoms with Crippen LogP contribution in [0.5, 0.6) is 5.75 Å². The number of benzene rings is 1. The Morgan fingerprint density at radius 3 is 2.34 bits per heavy atom. The van der Waals surface area contributed by atoms with Gasteiger partial charge in [-0.05, 0) is 109 Å². The van der Waals surface area contributed by atoms with Crippen molar-refractivity contribution in [2.45, 2.75) is 98.4 Å². The van der Waals surface area contributed by atoms with E-state index < -0.39 is 19.8 Å². The number of carbonyl (C=O) groups is 1. The number of hydrogen-bond donors (Lipinski definition) is 3. The normalized spacial score (nSPS) is 32.4. The Morgan fingerprint density at radius 2 is 1.71 bits per heavy atom. The van der Waals surface area contributed by atoms with Crippen molar-refractivity contribution in [3.63, 3.8) is 0 Å². The first-order valence-corrected chi connectivity index (χ1v) is 14.2. The van der Waals surface area contributed by atoms with Crippen LogP contribution < -0.4 is 10.5 Å². The fraction of sp³-hybridized carbons (Fsp3) is 0.704. The third-order valence-electron chi connectivity index (χ3n) is 9.97. The minimum atomic E-state index is -4.77. The quantitative estimate of drug-likeness (QED) is 0.286. The molecule has 3 unspecified atom stereocenters. The fourth-order valence-electron chi connectivity index (χ4n) is 8.35. The highest BCUT2D eigenvalue weighted by Gasteiger charge is 2.61. The van der Waals surface area contributed by atoms with E-state index in [2.05, 4.69) is 39.1 Å². The van der Waals surface area contributed by atoms with Gasteiger partial charge in [-0.15, -0.1) is 0 Å². The Hall–Kier alpha value is -1.24. The third kappa shape index (κ3) is 4.31. The predicted octanol–water partition coefficient (Wildman–Crippen LogP) is 5.17. The van der Waals surface area contributed by atoms with E-state index in [9.17, 15) is 9.36 Å². The predicted molar refractivity (Wildman–Crippen MR) is 135 cm³/mol. The van der Waals surface area contributed by atoms with Crippen molar-refractivity contribution >= 4 is 13.8 Å². The summed E-state index contributed by atoms with van der Waals surface area (Å²) >= 11 is 0. The van der Waals surface area contributed by atoms with Crippen LogP contribution in [0.15, 0.2) is 0 Å². The molecular formula is C27H41NO6P. The smallest absolute Gasteiger partial charge is 0.425 e. The summed E-state index contributed by atoms with van der Waals surface area (Å²) in [5, 5.41) is 0. The van der Waals surface area contributed by atoms with E-state index in [0.29, 0.717) is 29.6 Å². The van der Waals surface area contributed by atoms with Gasteiger partial charge in [0.1, 0.15) is 18.4 Å². The number of fused-ring (bicyclic) bond motifs is 5. The molecule has 7 nitrogen and oxygen atoms in total. The zero-order valence-corrected chi connectivity index (χ0v) is 23.0. The van der Waals surface area contributed by atoms with Crippen LogP contribution in [0, 0.1) is 50.0 Å². The number of phosphoric acid groups is 1. The Bertz CT molecular complexity index is 1090. The van der Waals surface area contributed by atoms with Crippen LogP contribution in [0.1, 0.15) is 87.6 Å². The molecule has 0 saturated heterocycles. The highest BCUT2D eigenvalue weighted by Crippen LogP contribution is 2.68. The molecule has 1 radical (unpaired) electrons. The van der Waals surface area contributed by atoms with Gasteiger partial charge < -0.3 is 20.3 Å². The molecule has 35 heavy (non-hydrogen) atoms. The van der Waals surface area contributed by atoms with Gasteiger partial charge in [-0.3, -0.25) is 4.52 Å². The summed E-state index contributed by atoms with van der Waals surface area (Å²) in [5.74, 6) is 0.932. The lowest BCUT2D eigenvalue weighted by molar-refractivity contribution is -0.135. The first-order chi connectivity index (χ1) is 16.0. The molecule has 4 rings (SSSR count). The van der Waals surface area contributed by atoms with Gasteiger partial charge in [0, 0.05) is 0 Å². The molecule has 0 amide bonds. The number of nitrogens with two attached hydrogens (primary N) is 1. The summed E-state index contributed by atoms with van der Waals surface area (Å²) in [6, 6.07) is -1.42. The van der Waals surface area contributed by atoms with Gasteiger partial charge in [-0.2, -0.15) is 0 Å². The lowest BCUT2D eigenvalue weighted by Crippen LogP contribution is -2.55. The molecule has 8 heteroatoms. The molecular weight excluding hydrogens is 465 g/mol. The monoisotopic (exact) mass is 506 g/mol. The number of esters is 1. The van der Waals surface area contributed by atoms with E-state index in [1.807, 2.05) is 13.8 Å². The highest BCUT2D eigenvalue weighted by molar-refractivity contribution is 7.46. The summed E-state index contributed by atoms with van der Waals surface area (Å²) in [7, 11) is -4.77. The van der Waals surface area contributed by atoms with Crippen LogP contribution in [0.3, 0.4) is 0 Å². The Morgan fingerprint density at radius 1 is 1.06 bits per heavy atom. The average molecular weight is 507 g/mol. The zero-order chi connectivity index (χ0) is 26.1. The SMILES string of the molecule is Cc1c(C)c2c(c(C)c1OC(=O)C(N)[CH]OP(=O)(O)O)C[C@H]1C2(C)CCC2C(C)(C)CCC[C@@]21C. The standard InChI is InChI=1S/C27H41NO6P/c1-15-16(2)23(34-24(29)19(28)14-33-35(30,31)32)17(3)18-13-21-26(6)11-8-10-25(4,5)20(26)9-12-27(21,7)22(15)18/h14,19-21H,8-13,28H2,1-7H3,(H2,30,31,32)/t19?,20?,21-,26+,27?/m1/s1. The molecule has 0 aliphatic heterocycles. The van der Waals surface area contributed by atoms with Gasteiger partial charge in [-0.1, -0.05) is 34.1 Å². The van der Waals surface area contributed by atoms with Crippen molar-refractivity contribution in [1.82, 2.24) is 0 Å². The second-order valence-corrected chi connectivity index (χ2v) is 13.5. The van der Waals surface area contributed by atoms with Crippen molar-refractivity contribution in [2.75, 3.05) is 0 Å². The van der Waals surface area contributed by atoms with Crippen LogP contribution >= 0.6 is 7.82 Å². The van der Waals surface area contributed by atoms with Crippen LogP contribution in [0.2, 0.25) is 0 Å². The van der Waals surface area contributed by atoms with Crippen LogP contribution in [-0.2, 0) is 25.7 Å². The van der Waals surface area contributed by atoms with Gasteiger partial charge in [0.25, 0.3) is 0 Å². The highest BCUT2D eigenvalue weighted by atomic mass is 31.2. The number of carbonyl (C=O) groups excluding carboxylic acids is 1. The van der Waals surface area contributed by atoms with Gasteiger partial charge in [0.2, 0.25) is 0 Å². The maximum atomic E-state index is 12.7. The first kappa shape index (κ1) is 26.8. The van der Waals surface area contributed by atoms with Crippen molar-refractivity contribution < 1.29 is 28.4 Å². The maximum Gasteiger partial charge on any atom is 0.470 e. The molecule has 0 spiro atoms.